The highest BCUT2D eigenvalue weighted by molar-refractivity contribution is 5.06. The molecule has 2 N–H and O–H groups in total. The average molecular weight is 188 g/mol. The van der Waals surface area contributed by atoms with Crippen molar-refractivity contribution in [3.8, 4) is 0 Å². The highest BCUT2D eigenvalue weighted by atomic mass is 15.1. The van der Waals surface area contributed by atoms with Gasteiger partial charge in [-0.3, -0.25) is 4.98 Å². The van der Waals surface area contributed by atoms with Gasteiger partial charge in [0, 0.05) is 18.6 Å². The van der Waals surface area contributed by atoms with E-state index in [9.17, 15) is 0 Å². The standard InChI is InChI=1S/C10H12N4/c11-7-10-13-5-6-14(10)8-9-3-1-2-4-12-9/h1-6H,7-8,11H2. The number of imidazole rings is 1. The molecule has 2 aromatic heterocycles. The second-order valence-corrected chi connectivity index (χ2v) is 3.00. The summed E-state index contributed by atoms with van der Waals surface area (Å²) in [6, 6.07) is 5.86. The fourth-order valence-corrected chi connectivity index (χ4v) is 1.34. The second-order valence-electron chi connectivity index (χ2n) is 3.00. The van der Waals surface area contributed by atoms with Crippen LogP contribution in [0.3, 0.4) is 0 Å². The first-order chi connectivity index (χ1) is 6.90. The van der Waals surface area contributed by atoms with E-state index >= 15 is 0 Å². The number of hydrogen-bond acceptors (Lipinski definition) is 3. The molecule has 0 spiro atoms. The van der Waals surface area contributed by atoms with E-state index in [1.54, 1.807) is 12.4 Å². The van der Waals surface area contributed by atoms with Crippen molar-refractivity contribution in [3.63, 3.8) is 0 Å². The summed E-state index contributed by atoms with van der Waals surface area (Å²) in [6.07, 6.45) is 5.45. The molecule has 0 radical (unpaired) electrons. The van der Waals surface area contributed by atoms with Crippen molar-refractivity contribution in [2.45, 2.75) is 13.1 Å². The predicted molar refractivity (Wildman–Crippen MR) is 53.5 cm³/mol. The Morgan fingerprint density at radius 3 is 2.86 bits per heavy atom. The molecule has 14 heavy (non-hydrogen) atoms. The molecule has 0 amide bonds. The van der Waals surface area contributed by atoms with E-state index < -0.39 is 0 Å². The largest absolute Gasteiger partial charge is 0.328 e. The van der Waals surface area contributed by atoms with Gasteiger partial charge in [0.1, 0.15) is 5.82 Å². The van der Waals surface area contributed by atoms with Crippen LogP contribution in [0, 0.1) is 0 Å². The first-order valence-electron chi connectivity index (χ1n) is 4.50. The van der Waals surface area contributed by atoms with E-state index in [1.165, 1.54) is 0 Å². The monoisotopic (exact) mass is 188 g/mol. The van der Waals surface area contributed by atoms with E-state index in [0.29, 0.717) is 6.54 Å². The number of pyridine rings is 1. The molecule has 0 fully saturated rings. The first kappa shape index (κ1) is 8.90. The van der Waals surface area contributed by atoms with Crippen molar-refractivity contribution in [1.29, 1.82) is 0 Å². The van der Waals surface area contributed by atoms with Gasteiger partial charge in [0.05, 0.1) is 18.8 Å². The topological polar surface area (TPSA) is 56.7 Å². The molecule has 4 heteroatoms. The summed E-state index contributed by atoms with van der Waals surface area (Å²) in [5.41, 5.74) is 6.56. The van der Waals surface area contributed by atoms with Gasteiger partial charge < -0.3 is 10.3 Å². The maximum atomic E-state index is 5.54. The maximum absolute atomic E-state index is 5.54. The maximum Gasteiger partial charge on any atom is 0.122 e. The van der Waals surface area contributed by atoms with Gasteiger partial charge in [0.15, 0.2) is 0 Å². The summed E-state index contributed by atoms with van der Waals surface area (Å²) >= 11 is 0. The van der Waals surface area contributed by atoms with Crippen LogP contribution in [0.15, 0.2) is 36.8 Å². The van der Waals surface area contributed by atoms with Gasteiger partial charge in [-0.05, 0) is 12.1 Å². The average Bonchev–Trinajstić information content (AvgIpc) is 2.67. The van der Waals surface area contributed by atoms with Crippen LogP contribution in [-0.4, -0.2) is 14.5 Å². The Labute approximate surface area is 82.4 Å². The summed E-state index contributed by atoms with van der Waals surface area (Å²) in [4.78, 5) is 8.38. The molecular weight excluding hydrogens is 176 g/mol. The van der Waals surface area contributed by atoms with E-state index in [4.69, 9.17) is 5.73 Å². The zero-order chi connectivity index (χ0) is 9.80. The van der Waals surface area contributed by atoms with Crippen molar-refractivity contribution in [3.05, 3.63) is 48.3 Å². The van der Waals surface area contributed by atoms with Gasteiger partial charge in [-0.25, -0.2) is 4.98 Å². The molecule has 0 aliphatic heterocycles. The van der Waals surface area contributed by atoms with Crippen LogP contribution in [-0.2, 0) is 13.1 Å². The summed E-state index contributed by atoms with van der Waals surface area (Å²) in [5.74, 6) is 0.885. The van der Waals surface area contributed by atoms with Gasteiger partial charge in [-0.1, -0.05) is 6.07 Å². The molecular formula is C10H12N4. The highest BCUT2D eigenvalue weighted by Crippen LogP contribution is 2.01. The molecule has 2 rings (SSSR count). The van der Waals surface area contributed by atoms with Gasteiger partial charge in [-0.2, -0.15) is 0 Å². The summed E-state index contributed by atoms with van der Waals surface area (Å²) in [6.45, 7) is 1.19. The van der Waals surface area contributed by atoms with Crippen LogP contribution >= 0.6 is 0 Å². The van der Waals surface area contributed by atoms with Crippen LogP contribution in [0.1, 0.15) is 11.5 Å². The molecule has 0 unspecified atom stereocenters. The van der Waals surface area contributed by atoms with E-state index in [1.807, 2.05) is 29.0 Å². The summed E-state index contributed by atoms with van der Waals surface area (Å²) in [7, 11) is 0. The minimum absolute atomic E-state index is 0.458. The van der Waals surface area contributed by atoms with Crippen molar-refractivity contribution in [2.24, 2.45) is 5.73 Å². The SMILES string of the molecule is NCc1nccn1Cc1ccccn1. The van der Waals surface area contributed by atoms with E-state index in [-0.39, 0.29) is 0 Å². The van der Waals surface area contributed by atoms with Crippen LogP contribution in [0.4, 0.5) is 0 Å². The van der Waals surface area contributed by atoms with Crippen LogP contribution < -0.4 is 5.73 Å². The van der Waals surface area contributed by atoms with Gasteiger partial charge in [0.25, 0.3) is 0 Å². The lowest BCUT2D eigenvalue weighted by Crippen LogP contribution is -2.09. The number of hydrogen-bond donors (Lipinski definition) is 1. The third-order valence-electron chi connectivity index (χ3n) is 2.04. The fraction of sp³-hybridized carbons (Fsp3) is 0.200. The van der Waals surface area contributed by atoms with Crippen molar-refractivity contribution >= 4 is 0 Å². The van der Waals surface area contributed by atoms with E-state index in [0.717, 1.165) is 18.1 Å². The summed E-state index contributed by atoms with van der Waals surface area (Å²) in [5, 5.41) is 0. The Bertz CT molecular complexity index is 394. The van der Waals surface area contributed by atoms with E-state index in [2.05, 4.69) is 9.97 Å². The second kappa shape index (κ2) is 4.02. The normalized spacial score (nSPS) is 10.4. The van der Waals surface area contributed by atoms with Crippen LogP contribution in [0.5, 0.6) is 0 Å². The van der Waals surface area contributed by atoms with Gasteiger partial charge in [-0.15, -0.1) is 0 Å². The molecule has 0 aliphatic rings. The predicted octanol–water partition coefficient (Wildman–Crippen LogP) is 0.785. The number of nitrogens with two attached hydrogens (primary N) is 1. The quantitative estimate of drug-likeness (QED) is 0.774. The Balaban J connectivity index is 2.19. The Morgan fingerprint density at radius 1 is 1.21 bits per heavy atom. The van der Waals surface area contributed by atoms with Crippen LogP contribution in [0.2, 0.25) is 0 Å². The molecule has 0 bridgehead atoms. The smallest absolute Gasteiger partial charge is 0.122 e. The minimum Gasteiger partial charge on any atom is -0.328 e. The fourth-order valence-electron chi connectivity index (χ4n) is 1.34. The van der Waals surface area contributed by atoms with Crippen molar-refractivity contribution < 1.29 is 0 Å². The lowest BCUT2D eigenvalue weighted by molar-refractivity contribution is 0.709. The first-order valence-corrected chi connectivity index (χ1v) is 4.50. The zero-order valence-electron chi connectivity index (χ0n) is 7.80. The lowest BCUT2D eigenvalue weighted by atomic mass is 10.3. The minimum atomic E-state index is 0.458. The molecule has 2 heterocycles. The Hall–Kier alpha value is -1.68. The molecule has 0 aromatic carbocycles. The van der Waals surface area contributed by atoms with Gasteiger partial charge >= 0.3 is 0 Å². The molecule has 4 nitrogen and oxygen atoms in total. The van der Waals surface area contributed by atoms with Gasteiger partial charge in [0.2, 0.25) is 0 Å². The molecule has 2 aromatic rings. The van der Waals surface area contributed by atoms with Crippen molar-refractivity contribution in [1.82, 2.24) is 14.5 Å². The Morgan fingerprint density at radius 2 is 2.14 bits per heavy atom. The summed E-state index contributed by atoms with van der Waals surface area (Å²) < 4.78 is 2.00. The zero-order valence-corrected chi connectivity index (χ0v) is 7.80. The number of nitrogens with zero attached hydrogens (tertiary/aromatic N) is 3. The molecule has 0 saturated carbocycles. The highest BCUT2D eigenvalue weighted by Gasteiger charge is 2.00. The van der Waals surface area contributed by atoms with Crippen molar-refractivity contribution in [2.75, 3.05) is 0 Å². The third-order valence-corrected chi connectivity index (χ3v) is 2.04. The molecule has 72 valence electrons. The molecule has 0 saturated heterocycles. The number of rotatable bonds is 3. The van der Waals surface area contributed by atoms with Crippen LogP contribution in [0.25, 0.3) is 0 Å². The molecule has 0 atom stereocenters. The Kier molecular flexibility index (Phi) is 2.55. The molecule has 0 aliphatic carbocycles. The third kappa shape index (κ3) is 1.80. The number of aromatic nitrogens is 3. The lowest BCUT2D eigenvalue weighted by Gasteiger charge is -2.04.